The summed E-state index contributed by atoms with van der Waals surface area (Å²) < 4.78 is 21.0. The molecule has 0 saturated carbocycles. The average Bonchev–Trinajstić information content (AvgIpc) is 3.39. The number of hydrogen-bond acceptors (Lipinski definition) is 5. The standard InChI is InChI=1S/C22H23FN4O2S/c1-15-4-5-17(24-20(15)23)6-7-18-14-30-22(25-18)26-21(28)19-3-2-10-27(19)13-16-8-11-29-12-9-16/h2-7,10,14,16H,8-9,11-13H2,1H3,(H,25,26,28). The SMILES string of the molecule is Cc1ccc(C=Cc2csc(NC(=O)c3cccn3CC3CCOCC3)n2)nc1F. The number of nitrogens with zero attached hydrogens (tertiary/aromatic N) is 3. The molecular weight excluding hydrogens is 403 g/mol. The summed E-state index contributed by atoms with van der Waals surface area (Å²) in [6.07, 6.45) is 7.41. The molecule has 0 spiro atoms. The third-order valence-corrected chi connectivity index (χ3v) is 5.86. The smallest absolute Gasteiger partial charge is 0.274 e. The van der Waals surface area contributed by atoms with E-state index in [-0.39, 0.29) is 5.91 Å². The van der Waals surface area contributed by atoms with Crippen LogP contribution in [0, 0.1) is 18.8 Å². The van der Waals surface area contributed by atoms with E-state index in [2.05, 4.69) is 15.3 Å². The number of hydrogen-bond donors (Lipinski definition) is 1. The number of halogens is 1. The largest absolute Gasteiger partial charge is 0.381 e. The number of nitrogens with one attached hydrogen (secondary N) is 1. The van der Waals surface area contributed by atoms with Crippen LogP contribution in [0.2, 0.25) is 0 Å². The lowest BCUT2D eigenvalue weighted by molar-refractivity contribution is 0.0610. The molecule has 0 atom stereocenters. The highest BCUT2D eigenvalue weighted by Crippen LogP contribution is 2.21. The van der Waals surface area contributed by atoms with Crippen molar-refractivity contribution in [1.82, 2.24) is 14.5 Å². The molecule has 3 aromatic rings. The van der Waals surface area contributed by atoms with Crippen LogP contribution in [0.4, 0.5) is 9.52 Å². The molecule has 0 bridgehead atoms. The van der Waals surface area contributed by atoms with Crippen molar-refractivity contribution in [2.24, 2.45) is 5.92 Å². The van der Waals surface area contributed by atoms with Crippen molar-refractivity contribution in [3.63, 3.8) is 0 Å². The Kier molecular flexibility index (Phi) is 6.35. The zero-order valence-corrected chi connectivity index (χ0v) is 17.5. The van der Waals surface area contributed by atoms with Gasteiger partial charge < -0.3 is 9.30 Å². The second kappa shape index (κ2) is 9.32. The van der Waals surface area contributed by atoms with Crippen LogP contribution in [-0.2, 0) is 11.3 Å². The first-order valence-electron chi connectivity index (χ1n) is 9.89. The van der Waals surface area contributed by atoms with Gasteiger partial charge in [-0.25, -0.2) is 9.97 Å². The molecule has 156 valence electrons. The lowest BCUT2D eigenvalue weighted by Crippen LogP contribution is -2.23. The summed E-state index contributed by atoms with van der Waals surface area (Å²) in [7, 11) is 0. The number of ether oxygens (including phenoxy) is 1. The van der Waals surface area contributed by atoms with Crippen LogP contribution in [0.25, 0.3) is 12.2 Å². The minimum absolute atomic E-state index is 0.181. The summed E-state index contributed by atoms with van der Waals surface area (Å²) in [5.74, 6) is -0.138. The highest BCUT2D eigenvalue weighted by molar-refractivity contribution is 7.14. The van der Waals surface area contributed by atoms with E-state index in [0.717, 1.165) is 32.6 Å². The molecule has 0 aromatic carbocycles. The van der Waals surface area contributed by atoms with Crippen LogP contribution in [0.5, 0.6) is 0 Å². The Labute approximate surface area is 178 Å². The number of aromatic nitrogens is 3. The predicted molar refractivity (Wildman–Crippen MR) is 116 cm³/mol. The minimum Gasteiger partial charge on any atom is -0.381 e. The van der Waals surface area contributed by atoms with Crippen molar-refractivity contribution in [3.8, 4) is 0 Å². The van der Waals surface area contributed by atoms with E-state index in [9.17, 15) is 9.18 Å². The quantitative estimate of drug-likeness (QED) is 0.583. The first kappa shape index (κ1) is 20.4. The van der Waals surface area contributed by atoms with Crippen LogP contribution >= 0.6 is 11.3 Å². The number of aryl methyl sites for hydroxylation is 1. The number of rotatable bonds is 6. The minimum atomic E-state index is -0.480. The summed E-state index contributed by atoms with van der Waals surface area (Å²) >= 11 is 1.34. The van der Waals surface area contributed by atoms with Gasteiger partial charge in [0.15, 0.2) is 5.13 Å². The molecule has 4 rings (SSSR count). The second-order valence-electron chi connectivity index (χ2n) is 7.31. The molecule has 8 heteroatoms. The number of amides is 1. The summed E-state index contributed by atoms with van der Waals surface area (Å²) in [6, 6.07) is 7.14. The van der Waals surface area contributed by atoms with Gasteiger partial charge in [0.25, 0.3) is 5.91 Å². The van der Waals surface area contributed by atoms with Gasteiger partial charge in [-0.15, -0.1) is 11.3 Å². The zero-order valence-electron chi connectivity index (χ0n) is 16.7. The van der Waals surface area contributed by atoms with Crippen molar-refractivity contribution in [2.45, 2.75) is 26.3 Å². The van der Waals surface area contributed by atoms with Gasteiger partial charge in [-0.3, -0.25) is 10.1 Å². The van der Waals surface area contributed by atoms with Crippen molar-refractivity contribution in [1.29, 1.82) is 0 Å². The third-order valence-electron chi connectivity index (χ3n) is 5.08. The predicted octanol–water partition coefficient (Wildman–Crippen LogP) is 4.64. The zero-order chi connectivity index (χ0) is 20.9. The first-order valence-corrected chi connectivity index (χ1v) is 10.8. The maximum atomic E-state index is 13.6. The van der Waals surface area contributed by atoms with Crippen LogP contribution in [-0.4, -0.2) is 33.7 Å². The summed E-state index contributed by atoms with van der Waals surface area (Å²) in [6.45, 7) is 4.05. The molecule has 0 unspecified atom stereocenters. The molecule has 1 amide bonds. The van der Waals surface area contributed by atoms with Crippen molar-refractivity contribution >= 4 is 34.5 Å². The van der Waals surface area contributed by atoms with Crippen LogP contribution in [0.1, 0.15) is 40.3 Å². The molecule has 1 aliphatic rings. The van der Waals surface area contributed by atoms with Gasteiger partial charge in [-0.1, -0.05) is 6.07 Å². The van der Waals surface area contributed by atoms with Crippen molar-refractivity contribution in [2.75, 3.05) is 18.5 Å². The van der Waals surface area contributed by atoms with E-state index in [0.29, 0.717) is 33.7 Å². The molecule has 0 radical (unpaired) electrons. The fourth-order valence-electron chi connectivity index (χ4n) is 3.35. The summed E-state index contributed by atoms with van der Waals surface area (Å²) in [5, 5.41) is 5.22. The van der Waals surface area contributed by atoms with Crippen LogP contribution in [0.3, 0.4) is 0 Å². The Hall–Kier alpha value is -2.84. The molecular formula is C22H23FN4O2S. The monoisotopic (exact) mass is 426 g/mol. The fourth-order valence-corrected chi connectivity index (χ4v) is 4.02. The number of anilines is 1. The molecule has 6 nitrogen and oxygen atoms in total. The van der Waals surface area contributed by atoms with Gasteiger partial charge in [0, 0.05) is 36.9 Å². The summed E-state index contributed by atoms with van der Waals surface area (Å²) in [5.41, 5.74) is 2.32. The lowest BCUT2D eigenvalue weighted by atomic mass is 10.0. The fraction of sp³-hybridized carbons (Fsp3) is 0.318. The maximum absolute atomic E-state index is 13.6. The topological polar surface area (TPSA) is 69.0 Å². The molecule has 1 N–H and O–H groups in total. The molecule has 4 heterocycles. The Bertz CT molecular complexity index is 1050. The van der Waals surface area contributed by atoms with Gasteiger partial charge in [0.1, 0.15) is 5.69 Å². The normalized spacial score (nSPS) is 15.0. The Morgan fingerprint density at radius 3 is 2.87 bits per heavy atom. The first-order chi connectivity index (χ1) is 14.6. The molecule has 30 heavy (non-hydrogen) atoms. The van der Waals surface area contributed by atoms with Gasteiger partial charge in [-0.2, -0.15) is 4.39 Å². The van der Waals surface area contributed by atoms with Gasteiger partial charge in [0.2, 0.25) is 5.95 Å². The van der Waals surface area contributed by atoms with E-state index >= 15 is 0 Å². The Morgan fingerprint density at radius 1 is 1.27 bits per heavy atom. The van der Waals surface area contributed by atoms with E-state index < -0.39 is 5.95 Å². The molecule has 1 saturated heterocycles. The van der Waals surface area contributed by atoms with E-state index in [1.54, 1.807) is 31.2 Å². The van der Waals surface area contributed by atoms with Gasteiger partial charge >= 0.3 is 0 Å². The van der Waals surface area contributed by atoms with Crippen molar-refractivity contribution in [3.05, 3.63) is 64.4 Å². The molecule has 3 aromatic heterocycles. The Morgan fingerprint density at radius 2 is 2.07 bits per heavy atom. The molecule has 0 aliphatic carbocycles. The molecule has 1 aliphatic heterocycles. The van der Waals surface area contributed by atoms with E-state index in [4.69, 9.17) is 4.74 Å². The highest BCUT2D eigenvalue weighted by Gasteiger charge is 2.18. The third kappa shape index (κ3) is 5.01. The van der Waals surface area contributed by atoms with Gasteiger partial charge in [0.05, 0.1) is 11.4 Å². The average molecular weight is 427 g/mol. The number of carbonyl (C=O) groups is 1. The molecule has 1 fully saturated rings. The Balaban J connectivity index is 1.39. The number of carbonyl (C=O) groups excluding carboxylic acids is 1. The second-order valence-corrected chi connectivity index (χ2v) is 8.17. The number of pyridine rings is 1. The highest BCUT2D eigenvalue weighted by atomic mass is 32.1. The van der Waals surface area contributed by atoms with Gasteiger partial charge in [-0.05, 0) is 56.0 Å². The maximum Gasteiger partial charge on any atom is 0.274 e. The van der Waals surface area contributed by atoms with Crippen LogP contribution < -0.4 is 5.32 Å². The number of thiazole rings is 1. The summed E-state index contributed by atoms with van der Waals surface area (Å²) in [4.78, 5) is 21.0. The lowest BCUT2D eigenvalue weighted by Gasteiger charge is -2.23. The van der Waals surface area contributed by atoms with Crippen molar-refractivity contribution < 1.29 is 13.9 Å². The van der Waals surface area contributed by atoms with Crippen LogP contribution in [0.15, 0.2) is 35.8 Å². The van der Waals surface area contributed by atoms with E-state index in [1.165, 1.54) is 11.3 Å². The van der Waals surface area contributed by atoms with E-state index in [1.807, 2.05) is 28.3 Å².